The van der Waals surface area contributed by atoms with E-state index in [0.717, 1.165) is 31.2 Å². The first-order chi connectivity index (χ1) is 19.3. The van der Waals surface area contributed by atoms with Crippen molar-refractivity contribution in [2.75, 3.05) is 14.2 Å². The summed E-state index contributed by atoms with van der Waals surface area (Å²) in [5.74, 6) is 0.444. The van der Waals surface area contributed by atoms with Gasteiger partial charge in [-0.1, -0.05) is 11.6 Å². The van der Waals surface area contributed by atoms with Gasteiger partial charge in [-0.2, -0.15) is 0 Å². The first-order valence-electron chi connectivity index (χ1n) is 13.2. The third-order valence-corrected chi connectivity index (χ3v) is 7.73. The smallest absolute Gasteiger partial charge is 0.333 e. The lowest BCUT2D eigenvalue weighted by Gasteiger charge is -2.29. The predicted octanol–water partition coefficient (Wildman–Crippen LogP) is 3.90. The third-order valence-electron chi connectivity index (χ3n) is 7.52. The summed E-state index contributed by atoms with van der Waals surface area (Å²) in [5, 5.41) is 6.11. The first-order valence-corrected chi connectivity index (χ1v) is 13.6. The molecule has 40 heavy (non-hydrogen) atoms. The molecule has 3 heterocycles. The molecule has 5 rings (SSSR count). The maximum atomic E-state index is 13.8. The summed E-state index contributed by atoms with van der Waals surface area (Å²) in [6.07, 6.45) is 6.43. The van der Waals surface area contributed by atoms with Crippen molar-refractivity contribution >= 4 is 34.4 Å². The highest BCUT2D eigenvalue weighted by atomic mass is 35.5. The normalized spacial score (nSPS) is 17.0. The SMILES string of the molecule is CNC(=O)c1ccc(-n2c(=O)n(C[C@H]3CC[C@H](NC(=O)c4cc(Cl)cnc4C)CC3)c3ccc(OC)cc32)cn1. The number of fused-ring (bicyclic) bond motifs is 1. The second kappa shape index (κ2) is 11.5. The van der Waals surface area contributed by atoms with Crippen LogP contribution >= 0.6 is 11.6 Å². The minimum atomic E-state index is -0.297. The number of pyridine rings is 2. The molecule has 1 aliphatic carbocycles. The van der Waals surface area contributed by atoms with Gasteiger partial charge in [-0.15, -0.1) is 0 Å². The van der Waals surface area contributed by atoms with E-state index in [1.807, 2.05) is 18.2 Å². The van der Waals surface area contributed by atoms with Crippen LogP contribution in [0.3, 0.4) is 0 Å². The molecule has 2 N–H and O–H groups in total. The van der Waals surface area contributed by atoms with E-state index in [1.54, 1.807) is 48.4 Å². The van der Waals surface area contributed by atoms with Crippen LogP contribution in [0, 0.1) is 12.8 Å². The quantitative estimate of drug-likeness (QED) is 0.352. The van der Waals surface area contributed by atoms with Gasteiger partial charge in [0, 0.05) is 31.9 Å². The van der Waals surface area contributed by atoms with Crippen LogP contribution < -0.4 is 21.1 Å². The molecule has 0 saturated heterocycles. The van der Waals surface area contributed by atoms with Gasteiger partial charge < -0.3 is 15.4 Å². The molecule has 0 unspecified atom stereocenters. The van der Waals surface area contributed by atoms with E-state index in [9.17, 15) is 14.4 Å². The van der Waals surface area contributed by atoms with Crippen LogP contribution in [0.15, 0.2) is 53.6 Å². The molecule has 0 aliphatic heterocycles. The van der Waals surface area contributed by atoms with Gasteiger partial charge in [0.15, 0.2) is 0 Å². The topological polar surface area (TPSA) is 120 Å². The van der Waals surface area contributed by atoms with Crippen molar-refractivity contribution in [3.63, 3.8) is 0 Å². The van der Waals surface area contributed by atoms with Gasteiger partial charge in [-0.05, 0) is 68.9 Å². The molecule has 4 aromatic rings. The number of carbonyl (C=O) groups is 2. The van der Waals surface area contributed by atoms with E-state index in [1.165, 1.54) is 12.4 Å². The number of aromatic nitrogens is 4. The fourth-order valence-electron chi connectivity index (χ4n) is 5.32. The summed E-state index contributed by atoms with van der Waals surface area (Å²) < 4.78 is 8.83. The number of nitrogens with one attached hydrogen (secondary N) is 2. The number of rotatable bonds is 7. The van der Waals surface area contributed by atoms with Crippen molar-refractivity contribution in [3.8, 4) is 11.4 Å². The molecule has 0 spiro atoms. The average Bonchev–Trinajstić information content (AvgIpc) is 3.24. The standard InChI is InChI=1S/C29H31ClN6O4/c1-17-23(12-19(30)14-32-17)27(37)34-20-6-4-18(5-7-20)16-35-25-11-9-22(40-3)13-26(25)36(29(35)39)21-8-10-24(33-15-21)28(38)31-2/h8-15,18,20H,4-7,16H2,1-3H3,(H,31,38)(H,34,37)/t18-,20-. The lowest BCUT2D eigenvalue weighted by atomic mass is 9.85. The zero-order valence-electron chi connectivity index (χ0n) is 22.6. The lowest BCUT2D eigenvalue weighted by Crippen LogP contribution is -2.39. The number of benzene rings is 1. The van der Waals surface area contributed by atoms with Gasteiger partial charge in [-0.3, -0.25) is 23.7 Å². The second-order valence-corrected chi connectivity index (χ2v) is 10.5. The molecular weight excluding hydrogens is 532 g/mol. The van der Waals surface area contributed by atoms with Gasteiger partial charge in [-0.25, -0.2) is 9.78 Å². The van der Waals surface area contributed by atoms with Crippen LogP contribution in [-0.2, 0) is 6.54 Å². The van der Waals surface area contributed by atoms with Crippen LogP contribution in [0.1, 0.15) is 52.2 Å². The molecular formula is C29H31ClN6O4. The molecule has 3 aromatic heterocycles. The molecule has 1 aliphatic rings. The Bertz CT molecular complexity index is 1620. The van der Waals surface area contributed by atoms with Crippen LogP contribution in [0.5, 0.6) is 5.75 Å². The Kier molecular flexibility index (Phi) is 7.88. The Morgan fingerprint density at radius 3 is 2.48 bits per heavy atom. The Balaban J connectivity index is 1.35. The van der Waals surface area contributed by atoms with E-state index in [0.29, 0.717) is 39.8 Å². The third kappa shape index (κ3) is 5.44. The number of hydrogen-bond acceptors (Lipinski definition) is 6. The molecule has 0 bridgehead atoms. The van der Waals surface area contributed by atoms with Gasteiger partial charge >= 0.3 is 5.69 Å². The van der Waals surface area contributed by atoms with Crippen molar-refractivity contribution in [1.29, 1.82) is 0 Å². The fraction of sp³-hybridized carbons (Fsp3) is 0.345. The van der Waals surface area contributed by atoms with Gasteiger partial charge in [0.1, 0.15) is 11.4 Å². The molecule has 1 fully saturated rings. The van der Waals surface area contributed by atoms with E-state index in [4.69, 9.17) is 16.3 Å². The summed E-state index contributed by atoms with van der Waals surface area (Å²) in [6, 6.07) is 10.6. The molecule has 11 heteroatoms. The average molecular weight is 563 g/mol. The van der Waals surface area contributed by atoms with Crippen LogP contribution in [0.25, 0.3) is 16.7 Å². The predicted molar refractivity (Wildman–Crippen MR) is 152 cm³/mol. The Morgan fingerprint density at radius 1 is 1.02 bits per heavy atom. The van der Waals surface area contributed by atoms with E-state index in [2.05, 4.69) is 20.6 Å². The Hall–Kier alpha value is -4.18. The van der Waals surface area contributed by atoms with Crippen molar-refractivity contribution in [1.82, 2.24) is 29.7 Å². The Morgan fingerprint density at radius 2 is 1.80 bits per heavy atom. The number of methoxy groups -OCH3 is 1. The number of carbonyl (C=O) groups excluding carboxylic acids is 2. The lowest BCUT2D eigenvalue weighted by molar-refractivity contribution is 0.0917. The molecule has 10 nitrogen and oxygen atoms in total. The van der Waals surface area contributed by atoms with Crippen LogP contribution in [0.4, 0.5) is 0 Å². The van der Waals surface area contributed by atoms with E-state index < -0.39 is 0 Å². The maximum absolute atomic E-state index is 13.8. The molecule has 1 saturated carbocycles. The van der Waals surface area contributed by atoms with E-state index in [-0.39, 0.29) is 35.2 Å². The second-order valence-electron chi connectivity index (χ2n) is 10.0. The summed E-state index contributed by atoms with van der Waals surface area (Å²) in [6.45, 7) is 2.34. The summed E-state index contributed by atoms with van der Waals surface area (Å²) in [5.41, 5.74) is 3.27. The van der Waals surface area contributed by atoms with Gasteiger partial charge in [0.05, 0.1) is 46.3 Å². The zero-order chi connectivity index (χ0) is 28.4. The van der Waals surface area contributed by atoms with E-state index >= 15 is 0 Å². The largest absolute Gasteiger partial charge is 0.497 e. The molecule has 208 valence electrons. The van der Waals surface area contributed by atoms with Crippen molar-refractivity contribution in [3.05, 3.63) is 81.3 Å². The number of imidazole rings is 1. The molecule has 2 amide bonds. The molecule has 1 aromatic carbocycles. The van der Waals surface area contributed by atoms with Crippen molar-refractivity contribution in [2.45, 2.75) is 45.2 Å². The number of ether oxygens (including phenoxy) is 1. The monoisotopic (exact) mass is 562 g/mol. The highest BCUT2D eigenvalue weighted by Crippen LogP contribution is 2.29. The number of hydrogen-bond donors (Lipinski definition) is 2. The number of halogens is 1. The van der Waals surface area contributed by atoms with Crippen molar-refractivity contribution in [2.24, 2.45) is 5.92 Å². The summed E-state index contributed by atoms with van der Waals surface area (Å²) in [7, 11) is 3.13. The highest BCUT2D eigenvalue weighted by molar-refractivity contribution is 6.30. The Labute approximate surface area is 236 Å². The fourth-order valence-corrected chi connectivity index (χ4v) is 5.48. The van der Waals surface area contributed by atoms with Gasteiger partial charge in [0.25, 0.3) is 11.8 Å². The summed E-state index contributed by atoms with van der Waals surface area (Å²) in [4.78, 5) is 47.0. The number of nitrogens with zero attached hydrogens (tertiary/aromatic N) is 4. The summed E-state index contributed by atoms with van der Waals surface area (Å²) >= 11 is 6.04. The highest BCUT2D eigenvalue weighted by Gasteiger charge is 2.26. The minimum absolute atomic E-state index is 0.0503. The van der Waals surface area contributed by atoms with Crippen molar-refractivity contribution < 1.29 is 14.3 Å². The van der Waals surface area contributed by atoms with Crippen LogP contribution in [0.2, 0.25) is 5.02 Å². The zero-order valence-corrected chi connectivity index (χ0v) is 23.4. The number of aryl methyl sites for hydroxylation is 1. The minimum Gasteiger partial charge on any atom is -0.497 e. The van der Waals surface area contributed by atoms with Gasteiger partial charge in [0.2, 0.25) is 0 Å². The maximum Gasteiger partial charge on any atom is 0.333 e. The molecule has 0 atom stereocenters. The first kappa shape index (κ1) is 27.4. The molecule has 0 radical (unpaired) electrons. The number of amides is 2. The van der Waals surface area contributed by atoms with Crippen LogP contribution in [-0.4, -0.2) is 51.1 Å².